The Labute approximate surface area is 762 Å². The quantitative estimate of drug-likeness (QED) is 0.00862. The molecule has 6 aliphatic heterocycles. The van der Waals surface area contributed by atoms with E-state index in [2.05, 4.69) is 78.2 Å². The number of rotatable bonds is 41. The van der Waals surface area contributed by atoms with E-state index in [1.807, 2.05) is 61.2 Å². The number of ether oxygens (including phenoxy) is 5. The van der Waals surface area contributed by atoms with E-state index in [1.165, 1.54) is 37.6 Å². The van der Waals surface area contributed by atoms with Crippen LogP contribution in [-0.4, -0.2) is 292 Å². The summed E-state index contributed by atoms with van der Waals surface area (Å²) in [4.78, 5) is 173. The highest BCUT2D eigenvalue weighted by Gasteiger charge is 2.79. The number of nitrogen functional groups attached to an aromatic ring is 1. The fraction of sp³-hybridized carbons (Fsp3) is 0.573. The van der Waals surface area contributed by atoms with E-state index in [-0.39, 0.29) is 85.5 Å². The number of amides is 5. The van der Waals surface area contributed by atoms with Crippen molar-refractivity contribution in [1.82, 2.24) is 66.8 Å². The predicted molar refractivity (Wildman–Crippen MR) is 480 cm³/mol. The first-order valence-corrected chi connectivity index (χ1v) is 46.9. The van der Waals surface area contributed by atoms with Crippen molar-refractivity contribution in [2.24, 2.45) is 11.3 Å². The van der Waals surface area contributed by atoms with Gasteiger partial charge in [0.25, 0.3) is 23.2 Å². The van der Waals surface area contributed by atoms with Crippen molar-refractivity contribution < 1.29 is 112 Å². The lowest BCUT2D eigenvalue weighted by Gasteiger charge is -2.63. The average molecular weight is 1860 g/mol. The maximum Gasteiger partial charge on any atom is 0.364 e. The van der Waals surface area contributed by atoms with Crippen LogP contribution in [0, 0.1) is 11.3 Å². The van der Waals surface area contributed by atoms with Crippen molar-refractivity contribution in [1.29, 1.82) is 0 Å². The molecule has 13 rings (SSSR count). The van der Waals surface area contributed by atoms with E-state index >= 15 is 9.59 Å². The number of esters is 2. The van der Waals surface area contributed by atoms with Gasteiger partial charge in [-0.1, -0.05) is 91.5 Å². The number of likely N-dealkylation sites (N-methyl/N-ethyl adjacent to an activating group) is 1. The van der Waals surface area contributed by atoms with Crippen LogP contribution in [0.1, 0.15) is 168 Å². The summed E-state index contributed by atoms with van der Waals surface area (Å²) in [5.74, 6) is -12.8. The molecule has 0 radical (unpaired) electrons. The summed E-state index contributed by atoms with van der Waals surface area (Å²) in [6.45, 7) is 5.74. The SMILES string of the molecule is CC[C@]1(O)CC2CCN(CCc3c([nH]c4ccccc34)[C@@](C(=O)OC)(c3cc4c(cc3OC)N(C)[C@H]3[C@@](O)(C(=O)NNCC(=O)OCCSSC[C@@H](NC(=O)[C@H](CNC(=O)CCCCCCCCO[C@@H]5C[C@@H](O)CC(O)(C(=O)O)O5)NC(=O)CC[C@H](NC(=O)c5ccc(NCc6cnc7nc(N)[nH]c(=O)c7n6)cc5)C(=O)O)C(=O)O)[C@H](O)[C@]5(CC)C=CCN6CC[C@]43[C@@H]65)CC2)C1. The van der Waals surface area contributed by atoms with E-state index < -0.39 is 179 Å². The Morgan fingerprint density at radius 2 is 1.54 bits per heavy atom. The normalized spacial score (nSPS) is 26.7. The van der Waals surface area contributed by atoms with Crippen LogP contribution in [0.2, 0.25) is 0 Å². The van der Waals surface area contributed by atoms with Crippen molar-refractivity contribution in [3.05, 3.63) is 123 Å². The topological polar surface area (TPSA) is 586 Å². The van der Waals surface area contributed by atoms with E-state index in [0.29, 0.717) is 124 Å². The smallest absolute Gasteiger partial charge is 0.364 e. The van der Waals surface area contributed by atoms with Crippen molar-refractivity contribution >= 4 is 120 Å². The summed E-state index contributed by atoms with van der Waals surface area (Å²) in [6.07, 6.45) is 7.21. The number of carboxylic acid groups (broad SMARTS) is 3. The van der Waals surface area contributed by atoms with Crippen LogP contribution in [-0.2, 0) is 85.9 Å². The molecular weight excluding hydrogens is 1740 g/mol. The molecule has 710 valence electrons. The number of aliphatic carboxylic acids is 3. The molecule has 16 atom stereocenters. The molecule has 2 bridgehead atoms. The number of hydrogen-bond donors (Lipinski definition) is 18. The fourth-order valence-electron chi connectivity index (χ4n) is 20.5. The number of nitrogens with zero attached hydrogens (tertiary/aromatic N) is 6. The number of benzene rings is 3. The number of aromatic amines is 2. The minimum atomic E-state index is -2.62. The lowest BCUT2D eigenvalue weighted by molar-refractivity contribution is -0.320. The highest BCUT2D eigenvalue weighted by atomic mass is 33.1. The Morgan fingerprint density at radius 1 is 0.786 bits per heavy atom. The van der Waals surface area contributed by atoms with Crippen molar-refractivity contribution in [2.75, 3.05) is 108 Å². The molecule has 1 aliphatic carbocycles. The molecule has 3 unspecified atom stereocenters. The molecule has 19 N–H and O–H groups in total. The number of para-hydroxylation sites is 1. The molecular formula is C89H118N16O24S2. The maximum absolute atomic E-state index is 15.7. The van der Waals surface area contributed by atoms with Crippen molar-refractivity contribution in [3.63, 3.8) is 0 Å². The average Bonchev–Trinajstić information content (AvgIpc) is 1.49. The van der Waals surface area contributed by atoms with Gasteiger partial charge in [0.05, 0.1) is 50.4 Å². The van der Waals surface area contributed by atoms with Gasteiger partial charge in [0.2, 0.25) is 23.7 Å². The number of hydrazine groups is 1. The van der Waals surface area contributed by atoms with Gasteiger partial charge in [0.15, 0.2) is 23.1 Å². The van der Waals surface area contributed by atoms with E-state index in [1.54, 1.807) is 14.2 Å². The largest absolute Gasteiger partial charge is 0.496 e. The second-order valence-corrected chi connectivity index (χ2v) is 37.7. The first-order valence-electron chi connectivity index (χ1n) is 44.4. The number of unbranched alkanes of at least 4 members (excludes halogenated alkanes) is 5. The molecule has 4 fully saturated rings. The Kier molecular flexibility index (Phi) is 31.4. The van der Waals surface area contributed by atoms with Gasteiger partial charge in [-0.25, -0.2) is 29.8 Å². The molecule has 131 heavy (non-hydrogen) atoms. The number of aromatic nitrogens is 5. The van der Waals surface area contributed by atoms with Crippen LogP contribution in [0.25, 0.3) is 22.1 Å². The Morgan fingerprint density at radius 3 is 2.27 bits per heavy atom. The van der Waals surface area contributed by atoms with Crippen molar-refractivity contribution in [3.8, 4) is 5.75 Å². The second-order valence-electron chi connectivity index (χ2n) is 35.0. The maximum atomic E-state index is 15.7. The summed E-state index contributed by atoms with van der Waals surface area (Å²) < 4.78 is 28.7. The summed E-state index contributed by atoms with van der Waals surface area (Å²) in [6, 6.07) is 11.2. The van der Waals surface area contributed by atoms with Gasteiger partial charge in [-0.2, -0.15) is 4.98 Å². The molecule has 3 aromatic carbocycles. The Balaban J connectivity index is 0.624. The number of nitrogens with two attached hydrogens (primary N) is 1. The third kappa shape index (κ3) is 20.9. The zero-order chi connectivity index (χ0) is 93.9. The lowest BCUT2D eigenvalue weighted by Crippen LogP contribution is -2.82. The Hall–Kier alpha value is -10.6. The monoisotopic (exact) mass is 1860 g/mol. The fourth-order valence-corrected chi connectivity index (χ4v) is 22.4. The van der Waals surface area contributed by atoms with Crippen LogP contribution >= 0.6 is 21.6 Å². The number of fused-ring (bicyclic) bond motifs is 8. The van der Waals surface area contributed by atoms with Gasteiger partial charge in [0.1, 0.15) is 48.5 Å². The number of nitrogens with one attached hydrogen (secondary N) is 9. The van der Waals surface area contributed by atoms with Crippen LogP contribution in [0.15, 0.2) is 83.8 Å². The number of carboxylic acids is 3. The Bertz CT molecular complexity index is 5300. The molecule has 6 aromatic rings. The minimum Gasteiger partial charge on any atom is -0.496 e. The number of aliphatic hydroxyl groups excluding tert-OH is 2. The third-order valence-corrected chi connectivity index (χ3v) is 29.3. The molecule has 40 nitrogen and oxygen atoms in total. The van der Waals surface area contributed by atoms with Gasteiger partial charge in [-0.3, -0.25) is 53.7 Å². The molecule has 1 spiro atoms. The van der Waals surface area contributed by atoms with Crippen LogP contribution < -0.4 is 58.4 Å². The molecule has 42 heteroatoms. The van der Waals surface area contributed by atoms with E-state index in [4.69, 9.17) is 29.4 Å². The molecule has 7 aliphatic rings. The van der Waals surface area contributed by atoms with Gasteiger partial charge < -0.3 is 112 Å². The third-order valence-electron chi connectivity index (χ3n) is 26.9. The van der Waals surface area contributed by atoms with Crippen molar-refractivity contribution in [2.45, 2.75) is 219 Å². The molecule has 3 saturated heterocycles. The zero-order valence-corrected chi connectivity index (χ0v) is 75.4. The highest BCUT2D eigenvalue weighted by molar-refractivity contribution is 8.76. The molecule has 5 amide bonds. The lowest BCUT2D eigenvalue weighted by atomic mass is 9.47. The van der Waals surface area contributed by atoms with Gasteiger partial charge in [-0.05, 0) is 137 Å². The number of methoxy groups -OCH3 is 2. The standard InChI is InChI=1S/C89H118N16O24S2/c1-6-84(122)42-50-26-30-86(82(121)126-5,70-56(28-34-104(49-84)33-27-50)55-17-13-14-18-59(55)97-70)58-40-57-63(41-64(58)125-4)103(3)78-87(57)31-35-105-32-16-29-85(7-2,77(87)105)79(117)89(78,124)80(118)102-94-47-67(109)127-37-38-130-131-48-62(76(115)116)99-73(111)61(46-92-65(107)19-12-10-8-9-11-15-36-128-68-39-54(106)43-88(123,129-68)81(119)120)96-66(108)25-24-60(75(113)114)98-72(110)51-20-22-52(23-21-51)91-44-53-45-93-71-69(95-53)74(112)101-83(90)100-71/h13-14,16-18,20-23,29,40-41,45,50,54,60-62,68,77-79,91,94,97,106,117,122-124H,6-12,15,19,24-28,30-39,42-44,46-49H2,1-5H3,(H,92,107)(H,96,108)(H,98,110)(H,99,111)(H,102,118)(H,113,114)(H,115,116)(H,119,120)(H3,90,93,100,101,112)/t50?,54-,60+,61+,62-,68+,77+,78-,79-,84+,85-,86+,87-,88?,89+/m1/s1. The highest BCUT2D eigenvalue weighted by Crippen LogP contribution is 2.68. The van der Waals surface area contributed by atoms with Crippen LogP contribution in [0.3, 0.4) is 0 Å². The number of aliphatic hydroxyl groups is 5. The van der Waals surface area contributed by atoms with Crippen LogP contribution in [0.5, 0.6) is 5.75 Å². The first kappa shape index (κ1) is 97.9. The summed E-state index contributed by atoms with van der Waals surface area (Å²) in [5, 5.41) is 103. The van der Waals surface area contributed by atoms with Gasteiger partial charge in [0, 0.05) is 139 Å². The van der Waals surface area contributed by atoms with Gasteiger partial charge >= 0.3 is 29.8 Å². The number of carbonyl (C=O) groups is 10. The van der Waals surface area contributed by atoms with Crippen LogP contribution in [0.4, 0.5) is 17.3 Å². The number of hydrogen-bond acceptors (Lipinski definition) is 32. The molecule has 3 aromatic heterocycles. The first-order chi connectivity index (χ1) is 62.7. The molecule has 9 heterocycles. The predicted octanol–water partition coefficient (Wildman–Crippen LogP) is 2.65. The summed E-state index contributed by atoms with van der Waals surface area (Å²) in [7, 11) is 6.76. The number of H-pyrrole nitrogens is 2. The molecule has 1 saturated carbocycles. The van der Waals surface area contributed by atoms with Gasteiger partial charge in [-0.15, -0.1) is 0 Å². The minimum absolute atomic E-state index is 0.0154. The summed E-state index contributed by atoms with van der Waals surface area (Å²) in [5.41, 5.74) is 7.97. The van der Waals surface area contributed by atoms with E-state index in [9.17, 15) is 84.0 Å². The number of carbonyl (C=O) groups excluding carboxylic acids is 7. The zero-order valence-electron chi connectivity index (χ0n) is 73.8. The second kappa shape index (κ2) is 42.1. The number of anilines is 3. The summed E-state index contributed by atoms with van der Waals surface area (Å²) >= 11 is 0. The van der Waals surface area contributed by atoms with E-state index in [0.717, 1.165) is 63.0 Å².